The maximum atomic E-state index is 5.88. The first-order valence-electron chi connectivity index (χ1n) is 5.79. The molecule has 7 nitrogen and oxygen atoms in total. The number of aryl methyl sites for hydroxylation is 2. The molecule has 98 valence electrons. The molecule has 2 aromatic rings. The lowest BCUT2D eigenvalue weighted by atomic mass is 10.2. The van der Waals surface area contributed by atoms with Gasteiger partial charge < -0.3 is 15.0 Å². The van der Waals surface area contributed by atoms with Gasteiger partial charge in [-0.3, -0.25) is 4.68 Å². The zero-order valence-corrected chi connectivity index (χ0v) is 10.8. The molecule has 2 heterocycles. The Morgan fingerprint density at radius 1 is 1.56 bits per heavy atom. The highest BCUT2D eigenvalue weighted by Gasteiger charge is 2.17. The highest BCUT2D eigenvalue weighted by molar-refractivity contribution is 5.54. The van der Waals surface area contributed by atoms with E-state index in [4.69, 9.17) is 15.0 Å². The Labute approximate surface area is 105 Å². The molecule has 2 N–H and O–H groups in total. The summed E-state index contributed by atoms with van der Waals surface area (Å²) < 4.78 is 12.1. The third-order valence-corrected chi connectivity index (χ3v) is 2.52. The number of hydrogen-bond acceptors (Lipinski definition) is 6. The van der Waals surface area contributed by atoms with Crippen LogP contribution < -0.4 is 5.73 Å². The lowest BCUT2D eigenvalue weighted by Crippen LogP contribution is -2.18. The first-order chi connectivity index (χ1) is 8.61. The van der Waals surface area contributed by atoms with Crippen LogP contribution >= 0.6 is 0 Å². The second-order valence-corrected chi connectivity index (χ2v) is 4.03. The standard InChI is InChI=1S/C11H17N5O2/c1-4-17-6-9(12)10-13-11(18-15-10)8-5-16(3)14-7(8)2/h5,9H,4,6,12H2,1-3H3. The Balaban J connectivity index is 2.17. The quantitative estimate of drug-likeness (QED) is 0.845. The highest BCUT2D eigenvalue weighted by atomic mass is 16.5. The lowest BCUT2D eigenvalue weighted by molar-refractivity contribution is 0.130. The number of nitrogens with zero attached hydrogens (tertiary/aromatic N) is 4. The Morgan fingerprint density at radius 3 is 2.94 bits per heavy atom. The van der Waals surface area contributed by atoms with Gasteiger partial charge >= 0.3 is 0 Å². The normalized spacial score (nSPS) is 12.9. The lowest BCUT2D eigenvalue weighted by Gasteiger charge is -2.05. The van der Waals surface area contributed by atoms with E-state index in [0.717, 1.165) is 11.3 Å². The molecule has 0 aromatic carbocycles. The van der Waals surface area contributed by atoms with Crippen molar-refractivity contribution >= 4 is 0 Å². The van der Waals surface area contributed by atoms with Gasteiger partial charge in [0.1, 0.15) is 0 Å². The monoisotopic (exact) mass is 251 g/mol. The number of nitrogens with two attached hydrogens (primary N) is 1. The minimum atomic E-state index is -0.376. The summed E-state index contributed by atoms with van der Waals surface area (Å²) in [5.74, 6) is 0.879. The summed E-state index contributed by atoms with van der Waals surface area (Å²) in [5, 5.41) is 8.09. The van der Waals surface area contributed by atoms with E-state index in [0.29, 0.717) is 24.9 Å². The van der Waals surface area contributed by atoms with Gasteiger partial charge in [0.05, 0.1) is 23.9 Å². The van der Waals surface area contributed by atoms with Gasteiger partial charge in [0.15, 0.2) is 5.82 Å². The highest BCUT2D eigenvalue weighted by Crippen LogP contribution is 2.21. The van der Waals surface area contributed by atoms with E-state index < -0.39 is 0 Å². The molecule has 0 spiro atoms. The number of ether oxygens (including phenoxy) is 1. The van der Waals surface area contributed by atoms with Gasteiger partial charge in [-0.15, -0.1) is 0 Å². The van der Waals surface area contributed by atoms with Crippen LogP contribution in [0.5, 0.6) is 0 Å². The van der Waals surface area contributed by atoms with Crippen LogP contribution in [-0.2, 0) is 11.8 Å². The Bertz CT molecular complexity index is 519. The molecule has 18 heavy (non-hydrogen) atoms. The van der Waals surface area contributed by atoms with Gasteiger partial charge in [-0.25, -0.2) is 0 Å². The molecule has 0 radical (unpaired) electrons. The van der Waals surface area contributed by atoms with Crippen molar-refractivity contribution in [3.8, 4) is 11.5 Å². The summed E-state index contributed by atoms with van der Waals surface area (Å²) in [6.45, 7) is 4.79. The predicted octanol–water partition coefficient (Wildman–Crippen LogP) is 0.815. The van der Waals surface area contributed by atoms with Crippen LogP contribution in [0.1, 0.15) is 24.5 Å². The average molecular weight is 251 g/mol. The average Bonchev–Trinajstić information content (AvgIpc) is 2.92. The fourth-order valence-electron chi connectivity index (χ4n) is 1.62. The van der Waals surface area contributed by atoms with Crippen LogP contribution in [-0.4, -0.2) is 33.1 Å². The summed E-state index contributed by atoms with van der Waals surface area (Å²) in [5.41, 5.74) is 7.54. The van der Waals surface area contributed by atoms with E-state index in [2.05, 4.69) is 15.2 Å². The topological polar surface area (TPSA) is 92.0 Å². The van der Waals surface area contributed by atoms with Gasteiger partial charge in [0.2, 0.25) is 0 Å². The van der Waals surface area contributed by atoms with Crippen LogP contribution in [0.25, 0.3) is 11.5 Å². The summed E-state index contributed by atoms with van der Waals surface area (Å²) >= 11 is 0. The van der Waals surface area contributed by atoms with Crippen molar-refractivity contribution in [1.29, 1.82) is 0 Å². The number of aromatic nitrogens is 4. The van der Waals surface area contributed by atoms with Crippen LogP contribution in [0.3, 0.4) is 0 Å². The van der Waals surface area contributed by atoms with Crippen LogP contribution in [0.2, 0.25) is 0 Å². The minimum Gasteiger partial charge on any atom is -0.380 e. The Morgan fingerprint density at radius 2 is 2.33 bits per heavy atom. The number of hydrogen-bond donors (Lipinski definition) is 1. The molecule has 1 unspecified atom stereocenters. The van der Waals surface area contributed by atoms with Crippen LogP contribution in [0.4, 0.5) is 0 Å². The van der Waals surface area contributed by atoms with Crippen molar-refractivity contribution in [3.63, 3.8) is 0 Å². The molecule has 0 amide bonds. The maximum Gasteiger partial charge on any atom is 0.261 e. The van der Waals surface area contributed by atoms with Crippen molar-refractivity contribution in [2.45, 2.75) is 19.9 Å². The third kappa shape index (κ3) is 2.57. The summed E-state index contributed by atoms with van der Waals surface area (Å²) in [4.78, 5) is 4.27. The molecule has 0 aliphatic heterocycles. The Kier molecular flexibility index (Phi) is 3.73. The molecular formula is C11H17N5O2. The van der Waals surface area contributed by atoms with Gasteiger partial charge in [-0.2, -0.15) is 10.1 Å². The largest absolute Gasteiger partial charge is 0.380 e. The van der Waals surface area contributed by atoms with Gasteiger partial charge in [0, 0.05) is 19.9 Å². The fraction of sp³-hybridized carbons (Fsp3) is 0.545. The molecule has 7 heteroatoms. The van der Waals surface area contributed by atoms with Crippen molar-refractivity contribution in [2.75, 3.05) is 13.2 Å². The van der Waals surface area contributed by atoms with Crippen LogP contribution in [0.15, 0.2) is 10.7 Å². The molecule has 2 aromatic heterocycles. The van der Waals surface area contributed by atoms with Crippen molar-refractivity contribution in [1.82, 2.24) is 19.9 Å². The zero-order chi connectivity index (χ0) is 13.1. The van der Waals surface area contributed by atoms with Crippen molar-refractivity contribution < 1.29 is 9.26 Å². The molecular weight excluding hydrogens is 234 g/mol. The number of rotatable bonds is 5. The molecule has 0 saturated heterocycles. The summed E-state index contributed by atoms with van der Waals surface area (Å²) in [6, 6.07) is -0.376. The van der Waals surface area contributed by atoms with Gasteiger partial charge in [0.25, 0.3) is 5.89 Å². The fourth-order valence-corrected chi connectivity index (χ4v) is 1.62. The van der Waals surface area contributed by atoms with E-state index in [1.807, 2.05) is 27.1 Å². The smallest absolute Gasteiger partial charge is 0.261 e. The molecule has 1 atom stereocenters. The SMILES string of the molecule is CCOCC(N)c1noc(-c2cn(C)nc2C)n1. The molecule has 0 aliphatic carbocycles. The first kappa shape index (κ1) is 12.7. The van der Waals surface area contributed by atoms with Crippen molar-refractivity contribution in [3.05, 3.63) is 17.7 Å². The van der Waals surface area contributed by atoms with E-state index in [-0.39, 0.29) is 6.04 Å². The second kappa shape index (κ2) is 5.28. The van der Waals surface area contributed by atoms with Crippen molar-refractivity contribution in [2.24, 2.45) is 12.8 Å². The summed E-state index contributed by atoms with van der Waals surface area (Å²) in [6.07, 6.45) is 1.83. The second-order valence-electron chi connectivity index (χ2n) is 4.03. The van der Waals surface area contributed by atoms with E-state index in [1.165, 1.54) is 0 Å². The Hall–Kier alpha value is -1.73. The molecule has 0 aliphatic rings. The predicted molar refractivity (Wildman–Crippen MR) is 64.7 cm³/mol. The van der Waals surface area contributed by atoms with E-state index >= 15 is 0 Å². The molecule has 0 fully saturated rings. The minimum absolute atomic E-state index is 0.376. The summed E-state index contributed by atoms with van der Waals surface area (Å²) in [7, 11) is 1.84. The van der Waals surface area contributed by atoms with E-state index in [1.54, 1.807) is 4.68 Å². The van der Waals surface area contributed by atoms with Gasteiger partial charge in [-0.1, -0.05) is 5.16 Å². The maximum absolute atomic E-state index is 5.88. The first-order valence-corrected chi connectivity index (χ1v) is 5.79. The zero-order valence-electron chi connectivity index (χ0n) is 10.8. The van der Waals surface area contributed by atoms with E-state index in [9.17, 15) is 0 Å². The van der Waals surface area contributed by atoms with Crippen LogP contribution in [0, 0.1) is 6.92 Å². The third-order valence-electron chi connectivity index (χ3n) is 2.52. The van der Waals surface area contributed by atoms with Gasteiger partial charge in [-0.05, 0) is 13.8 Å². The molecule has 0 saturated carbocycles. The molecule has 2 rings (SSSR count). The molecule has 0 bridgehead atoms.